The molecule has 0 aromatic heterocycles. The second-order valence-corrected chi connectivity index (χ2v) is 6.82. The minimum absolute atomic E-state index is 0.0243. The van der Waals surface area contributed by atoms with Gasteiger partial charge in [0.15, 0.2) is 0 Å². The van der Waals surface area contributed by atoms with Gasteiger partial charge < -0.3 is 10.6 Å². The lowest BCUT2D eigenvalue weighted by Crippen LogP contribution is -2.43. The van der Waals surface area contributed by atoms with Gasteiger partial charge in [0.1, 0.15) is 5.82 Å². The van der Waals surface area contributed by atoms with Crippen molar-refractivity contribution in [1.82, 2.24) is 10.6 Å². The van der Waals surface area contributed by atoms with Gasteiger partial charge in [-0.25, -0.2) is 4.39 Å². The summed E-state index contributed by atoms with van der Waals surface area (Å²) < 4.78 is 13.2. The van der Waals surface area contributed by atoms with E-state index in [1.807, 2.05) is 18.2 Å². The van der Waals surface area contributed by atoms with E-state index in [-0.39, 0.29) is 23.4 Å². The maximum absolute atomic E-state index is 13.2. The lowest BCUT2D eigenvalue weighted by molar-refractivity contribution is -0.120. The summed E-state index contributed by atoms with van der Waals surface area (Å²) in [6.07, 6.45) is 4.40. The number of halogens is 1. The second-order valence-electron chi connectivity index (χ2n) is 6.82. The molecule has 0 spiro atoms. The van der Waals surface area contributed by atoms with Crippen LogP contribution in [0.4, 0.5) is 4.39 Å². The molecular weight excluding hydrogens is 331 g/mol. The first-order valence-corrected chi connectivity index (χ1v) is 8.95. The van der Waals surface area contributed by atoms with E-state index in [4.69, 9.17) is 0 Å². The SMILES string of the molecule is O=C(CNC(=O)c1cccc(F)c1)NCC1(c2ccccc2)CCCC1. The van der Waals surface area contributed by atoms with Gasteiger partial charge in [-0.1, -0.05) is 49.2 Å². The summed E-state index contributed by atoms with van der Waals surface area (Å²) in [6.45, 7) is 0.436. The molecule has 2 aromatic rings. The summed E-state index contributed by atoms with van der Waals surface area (Å²) in [6, 6.07) is 15.7. The monoisotopic (exact) mass is 354 g/mol. The number of carbonyl (C=O) groups excluding carboxylic acids is 2. The van der Waals surface area contributed by atoms with Crippen LogP contribution in [0.1, 0.15) is 41.6 Å². The summed E-state index contributed by atoms with van der Waals surface area (Å²) in [5.41, 5.74) is 1.43. The van der Waals surface area contributed by atoms with Crippen LogP contribution in [0.25, 0.3) is 0 Å². The van der Waals surface area contributed by atoms with Crippen molar-refractivity contribution in [2.24, 2.45) is 0 Å². The normalized spacial score (nSPS) is 15.4. The Kier molecular flexibility index (Phi) is 5.66. The van der Waals surface area contributed by atoms with Crippen LogP contribution in [0.2, 0.25) is 0 Å². The standard InChI is InChI=1S/C21H23FN2O2/c22-18-10-6-7-16(13-18)20(26)23-14-19(25)24-15-21(11-4-5-12-21)17-8-2-1-3-9-17/h1-3,6-10,13H,4-5,11-12,14-15H2,(H,23,26)(H,24,25). The highest BCUT2D eigenvalue weighted by Gasteiger charge is 2.35. The molecule has 1 saturated carbocycles. The quantitative estimate of drug-likeness (QED) is 0.837. The predicted octanol–water partition coefficient (Wildman–Crippen LogP) is 3.18. The molecule has 2 amide bonds. The third kappa shape index (κ3) is 4.28. The Balaban J connectivity index is 1.54. The zero-order valence-corrected chi connectivity index (χ0v) is 14.6. The van der Waals surface area contributed by atoms with Crippen LogP contribution < -0.4 is 10.6 Å². The summed E-state index contributed by atoms with van der Waals surface area (Å²) in [4.78, 5) is 24.2. The first-order valence-electron chi connectivity index (χ1n) is 8.95. The van der Waals surface area contributed by atoms with E-state index in [1.54, 1.807) is 0 Å². The molecule has 0 aliphatic heterocycles. The smallest absolute Gasteiger partial charge is 0.251 e. The van der Waals surface area contributed by atoms with E-state index in [2.05, 4.69) is 22.8 Å². The average Bonchev–Trinajstić information content (AvgIpc) is 3.15. The summed E-state index contributed by atoms with van der Waals surface area (Å²) >= 11 is 0. The van der Waals surface area contributed by atoms with Crippen molar-refractivity contribution < 1.29 is 14.0 Å². The molecule has 0 atom stereocenters. The molecule has 0 unspecified atom stereocenters. The van der Waals surface area contributed by atoms with Gasteiger partial charge in [-0.2, -0.15) is 0 Å². The molecule has 5 heteroatoms. The van der Waals surface area contributed by atoms with E-state index in [0.29, 0.717) is 6.54 Å². The van der Waals surface area contributed by atoms with Crippen LogP contribution in [-0.2, 0) is 10.2 Å². The minimum Gasteiger partial charge on any atom is -0.354 e. The predicted molar refractivity (Wildman–Crippen MR) is 98.3 cm³/mol. The molecular formula is C21H23FN2O2. The van der Waals surface area contributed by atoms with Crippen LogP contribution in [0.5, 0.6) is 0 Å². The molecule has 0 radical (unpaired) electrons. The highest BCUT2D eigenvalue weighted by Crippen LogP contribution is 2.40. The van der Waals surface area contributed by atoms with Crippen LogP contribution in [-0.4, -0.2) is 24.9 Å². The van der Waals surface area contributed by atoms with Gasteiger partial charge in [0, 0.05) is 17.5 Å². The first-order chi connectivity index (χ1) is 12.6. The Hall–Kier alpha value is -2.69. The Morgan fingerprint density at radius 2 is 1.69 bits per heavy atom. The topological polar surface area (TPSA) is 58.2 Å². The van der Waals surface area contributed by atoms with E-state index < -0.39 is 11.7 Å². The highest BCUT2D eigenvalue weighted by molar-refractivity contribution is 5.96. The number of nitrogens with one attached hydrogen (secondary N) is 2. The van der Waals surface area contributed by atoms with Crippen molar-refractivity contribution >= 4 is 11.8 Å². The van der Waals surface area contributed by atoms with E-state index in [9.17, 15) is 14.0 Å². The molecule has 1 fully saturated rings. The summed E-state index contributed by atoms with van der Waals surface area (Å²) in [5.74, 6) is -1.18. The van der Waals surface area contributed by atoms with Gasteiger partial charge in [0.05, 0.1) is 6.54 Å². The highest BCUT2D eigenvalue weighted by atomic mass is 19.1. The second kappa shape index (κ2) is 8.13. The Labute approximate surface area is 152 Å². The maximum atomic E-state index is 13.2. The first kappa shape index (κ1) is 18.1. The fourth-order valence-corrected chi connectivity index (χ4v) is 3.63. The van der Waals surface area contributed by atoms with Crippen LogP contribution in [0.3, 0.4) is 0 Å². The number of amides is 2. The Morgan fingerprint density at radius 1 is 0.962 bits per heavy atom. The van der Waals surface area contributed by atoms with Gasteiger partial charge in [0.25, 0.3) is 5.91 Å². The zero-order valence-electron chi connectivity index (χ0n) is 14.6. The molecule has 26 heavy (non-hydrogen) atoms. The van der Waals surface area contributed by atoms with Gasteiger partial charge in [-0.05, 0) is 36.6 Å². The maximum Gasteiger partial charge on any atom is 0.251 e. The van der Waals surface area contributed by atoms with Crippen LogP contribution in [0, 0.1) is 5.82 Å². The largest absolute Gasteiger partial charge is 0.354 e. The Morgan fingerprint density at radius 3 is 2.38 bits per heavy atom. The number of benzene rings is 2. The molecule has 0 saturated heterocycles. The van der Waals surface area contributed by atoms with Crippen molar-refractivity contribution in [2.75, 3.05) is 13.1 Å². The van der Waals surface area contributed by atoms with Gasteiger partial charge in [0.2, 0.25) is 5.91 Å². The molecule has 0 heterocycles. The van der Waals surface area contributed by atoms with Gasteiger partial charge in [-0.15, -0.1) is 0 Å². The molecule has 1 aliphatic rings. The Bertz CT molecular complexity index is 771. The van der Waals surface area contributed by atoms with Crippen molar-refractivity contribution in [3.05, 3.63) is 71.5 Å². The number of rotatable bonds is 6. The molecule has 1 aliphatic carbocycles. The van der Waals surface area contributed by atoms with Crippen molar-refractivity contribution in [3.8, 4) is 0 Å². The lowest BCUT2D eigenvalue weighted by Gasteiger charge is -2.30. The summed E-state index contributed by atoms with van der Waals surface area (Å²) in [7, 11) is 0. The van der Waals surface area contributed by atoms with Gasteiger partial charge in [-0.3, -0.25) is 9.59 Å². The van der Waals surface area contributed by atoms with E-state index in [0.717, 1.165) is 31.7 Å². The van der Waals surface area contributed by atoms with E-state index in [1.165, 1.54) is 23.8 Å². The summed E-state index contributed by atoms with van der Waals surface area (Å²) in [5, 5.41) is 5.49. The third-order valence-electron chi connectivity index (χ3n) is 5.07. The zero-order chi connectivity index (χ0) is 18.4. The minimum atomic E-state index is -0.479. The van der Waals surface area contributed by atoms with Crippen molar-refractivity contribution in [1.29, 1.82) is 0 Å². The number of carbonyl (C=O) groups is 2. The lowest BCUT2D eigenvalue weighted by atomic mass is 9.79. The third-order valence-corrected chi connectivity index (χ3v) is 5.07. The number of hydrogen-bond acceptors (Lipinski definition) is 2. The van der Waals surface area contributed by atoms with Crippen molar-refractivity contribution in [2.45, 2.75) is 31.1 Å². The molecule has 0 bridgehead atoms. The van der Waals surface area contributed by atoms with Gasteiger partial charge >= 0.3 is 0 Å². The van der Waals surface area contributed by atoms with Crippen LogP contribution >= 0.6 is 0 Å². The van der Waals surface area contributed by atoms with Crippen LogP contribution in [0.15, 0.2) is 54.6 Å². The molecule has 4 nitrogen and oxygen atoms in total. The van der Waals surface area contributed by atoms with Crippen molar-refractivity contribution in [3.63, 3.8) is 0 Å². The molecule has 2 N–H and O–H groups in total. The van der Waals surface area contributed by atoms with E-state index >= 15 is 0 Å². The molecule has 3 rings (SSSR count). The number of hydrogen-bond donors (Lipinski definition) is 2. The molecule has 136 valence electrons. The average molecular weight is 354 g/mol. The fraction of sp³-hybridized carbons (Fsp3) is 0.333. The fourth-order valence-electron chi connectivity index (χ4n) is 3.63. The molecule has 2 aromatic carbocycles.